The number of ether oxygens (including phenoxy) is 2. The largest absolute Gasteiger partial charge is 0.493 e. The van der Waals surface area contributed by atoms with E-state index in [9.17, 15) is 14.7 Å². The second kappa shape index (κ2) is 9.07. The van der Waals surface area contributed by atoms with Crippen LogP contribution in [0.5, 0.6) is 11.5 Å². The molecule has 0 aliphatic heterocycles. The molecule has 0 saturated heterocycles. The first-order valence-electron chi connectivity index (χ1n) is 8.76. The number of carboxylic acid groups (broad SMARTS) is 1. The first-order chi connectivity index (χ1) is 12.8. The van der Waals surface area contributed by atoms with Crippen LogP contribution in [0.4, 0.5) is 0 Å². The van der Waals surface area contributed by atoms with E-state index in [2.05, 4.69) is 0 Å². The van der Waals surface area contributed by atoms with Crippen molar-refractivity contribution >= 4 is 11.9 Å². The van der Waals surface area contributed by atoms with Gasteiger partial charge in [0.2, 0.25) is 0 Å². The average Bonchev–Trinajstić information content (AvgIpc) is 2.65. The summed E-state index contributed by atoms with van der Waals surface area (Å²) in [7, 11) is 1.50. The maximum atomic E-state index is 13.1. The van der Waals surface area contributed by atoms with Gasteiger partial charge in [-0.2, -0.15) is 0 Å². The van der Waals surface area contributed by atoms with Crippen molar-refractivity contribution in [3.63, 3.8) is 0 Å². The van der Waals surface area contributed by atoms with Gasteiger partial charge in [-0.3, -0.25) is 4.79 Å². The first-order valence-corrected chi connectivity index (χ1v) is 8.76. The summed E-state index contributed by atoms with van der Waals surface area (Å²) in [5, 5.41) is 9.43. The van der Waals surface area contributed by atoms with E-state index < -0.39 is 12.0 Å². The molecule has 0 spiro atoms. The molecule has 0 aliphatic rings. The fourth-order valence-corrected chi connectivity index (χ4v) is 2.62. The lowest BCUT2D eigenvalue weighted by atomic mass is 10.1. The number of aliphatic carboxylic acids is 1. The molecule has 2 aromatic carbocycles. The number of hydrogen-bond acceptors (Lipinski definition) is 4. The molecule has 1 atom stereocenters. The minimum Gasteiger partial charge on any atom is -0.493 e. The summed E-state index contributed by atoms with van der Waals surface area (Å²) >= 11 is 0. The molecular formula is C21H25NO5. The molecule has 0 fully saturated rings. The molecule has 0 radical (unpaired) electrons. The van der Waals surface area contributed by atoms with Gasteiger partial charge in [0.25, 0.3) is 5.91 Å². The lowest BCUT2D eigenvalue weighted by Crippen LogP contribution is -2.42. The highest BCUT2D eigenvalue weighted by atomic mass is 16.5. The van der Waals surface area contributed by atoms with E-state index in [1.54, 1.807) is 18.2 Å². The SMILES string of the molecule is COc1cc(C(=O)N(Cc2ccccc2)C(C)C(=O)O)ccc1OC(C)C. The highest BCUT2D eigenvalue weighted by Gasteiger charge is 2.27. The molecule has 6 heteroatoms. The van der Waals surface area contributed by atoms with E-state index in [-0.39, 0.29) is 18.6 Å². The van der Waals surface area contributed by atoms with E-state index >= 15 is 0 Å². The number of rotatable bonds is 8. The Bertz CT molecular complexity index is 788. The lowest BCUT2D eigenvalue weighted by Gasteiger charge is -2.27. The quantitative estimate of drug-likeness (QED) is 0.767. The Morgan fingerprint density at radius 1 is 1.04 bits per heavy atom. The van der Waals surface area contributed by atoms with Crippen molar-refractivity contribution in [3.8, 4) is 11.5 Å². The van der Waals surface area contributed by atoms with Crippen molar-refractivity contribution in [2.24, 2.45) is 0 Å². The van der Waals surface area contributed by atoms with E-state index in [4.69, 9.17) is 9.47 Å². The Labute approximate surface area is 159 Å². The predicted molar refractivity (Wildman–Crippen MR) is 102 cm³/mol. The van der Waals surface area contributed by atoms with Crippen LogP contribution in [0.2, 0.25) is 0 Å². The van der Waals surface area contributed by atoms with Gasteiger partial charge < -0.3 is 19.5 Å². The topological polar surface area (TPSA) is 76.1 Å². The third-order valence-electron chi connectivity index (χ3n) is 4.05. The van der Waals surface area contributed by atoms with E-state index in [0.29, 0.717) is 17.1 Å². The van der Waals surface area contributed by atoms with Gasteiger partial charge in [0.1, 0.15) is 6.04 Å². The molecule has 0 bridgehead atoms. The normalized spacial score (nSPS) is 11.7. The van der Waals surface area contributed by atoms with Gasteiger partial charge in [-0.1, -0.05) is 30.3 Å². The summed E-state index contributed by atoms with van der Waals surface area (Å²) in [4.78, 5) is 25.9. The fraction of sp³-hybridized carbons (Fsp3) is 0.333. The maximum Gasteiger partial charge on any atom is 0.326 e. The third-order valence-corrected chi connectivity index (χ3v) is 4.05. The van der Waals surface area contributed by atoms with Crippen LogP contribution in [0.1, 0.15) is 36.7 Å². The van der Waals surface area contributed by atoms with Crippen LogP contribution in [-0.2, 0) is 11.3 Å². The van der Waals surface area contributed by atoms with Crippen LogP contribution in [0.3, 0.4) is 0 Å². The summed E-state index contributed by atoms with van der Waals surface area (Å²) in [6.07, 6.45) is -0.0398. The second-order valence-corrected chi connectivity index (χ2v) is 6.47. The molecule has 0 aromatic heterocycles. The summed E-state index contributed by atoms with van der Waals surface area (Å²) < 4.78 is 11.0. The zero-order valence-corrected chi connectivity index (χ0v) is 16.0. The number of carbonyl (C=O) groups excluding carboxylic acids is 1. The van der Waals surface area contributed by atoms with Gasteiger partial charge >= 0.3 is 5.97 Å². The van der Waals surface area contributed by atoms with Crippen molar-refractivity contribution in [2.75, 3.05) is 7.11 Å². The number of carbonyl (C=O) groups is 2. The summed E-state index contributed by atoms with van der Waals surface area (Å²) in [5.41, 5.74) is 1.19. The number of carboxylic acids is 1. The molecule has 6 nitrogen and oxygen atoms in total. The number of nitrogens with zero attached hydrogens (tertiary/aromatic N) is 1. The maximum absolute atomic E-state index is 13.1. The Morgan fingerprint density at radius 2 is 1.70 bits per heavy atom. The molecule has 2 aromatic rings. The van der Waals surface area contributed by atoms with Crippen molar-refractivity contribution in [2.45, 2.75) is 39.5 Å². The molecule has 0 saturated carbocycles. The smallest absolute Gasteiger partial charge is 0.326 e. The zero-order valence-electron chi connectivity index (χ0n) is 16.0. The molecule has 0 heterocycles. The Balaban J connectivity index is 2.35. The zero-order chi connectivity index (χ0) is 20.0. The van der Waals surface area contributed by atoms with Crippen molar-refractivity contribution in [3.05, 3.63) is 59.7 Å². The van der Waals surface area contributed by atoms with E-state index in [0.717, 1.165) is 5.56 Å². The van der Waals surface area contributed by atoms with Crippen LogP contribution in [-0.4, -0.2) is 41.1 Å². The third kappa shape index (κ3) is 5.23. The molecule has 27 heavy (non-hydrogen) atoms. The first kappa shape index (κ1) is 20.3. The lowest BCUT2D eigenvalue weighted by molar-refractivity contribution is -0.141. The molecule has 0 aliphatic carbocycles. The fourth-order valence-electron chi connectivity index (χ4n) is 2.62. The van der Waals surface area contributed by atoms with Crippen LogP contribution in [0, 0.1) is 0 Å². The number of amides is 1. The minimum atomic E-state index is -1.06. The highest BCUT2D eigenvalue weighted by Crippen LogP contribution is 2.30. The standard InChI is InChI=1S/C21H25NO5/c1-14(2)27-18-11-10-17(12-19(18)26-4)20(23)22(15(3)21(24)25)13-16-8-6-5-7-9-16/h5-12,14-15H,13H2,1-4H3,(H,24,25). The average molecular weight is 371 g/mol. The van der Waals surface area contributed by atoms with Crippen molar-refractivity contribution < 1.29 is 24.2 Å². The predicted octanol–water partition coefficient (Wildman–Crippen LogP) is 3.60. The van der Waals surface area contributed by atoms with Gasteiger partial charge in [0.15, 0.2) is 11.5 Å². The Morgan fingerprint density at radius 3 is 2.26 bits per heavy atom. The van der Waals surface area contributed by atoms with Gasteiger partial charge in [0, 0.05) is 12.1 Å². The molecule has 1 amide bonds. The minimum absolute atomic E-state index is 0.0398. The van der Waals surface area contributed by atoms with Crippen molar-refractivity contribution in [1.29, 1.82) is 0 Å². The number of benzene rings is 2. The summed E-state index contributed by atoms with van der Waals surface area (Å²) in [6, 6.07) is 13.2. The Hall–Kier alpha value is -3.02. The molecule has 1 N–H and O–H groups in total. The van der Waals surface area contributed by atoms with Crippen molar-refractivity contribution in [1.82, 2.24) is 4.90 Å². The second-order valence-electron chi connectivity index (χ2n) is 6.47. The number of methoxy groups -OCH3 is 1. The Kier molecular flexibility index (Phi) is 6.82. The summed E-state index contributed by atoms with van der Waals surface area (Å²) in [5.74, 6) is -0.490. The molecule has 2 rings (SSSR count). The summed E-state index contributed by atoms with van der Waals surface area (Å²) in [6.45, 7) is 5.49. The van der Waals surface area contributed by atoms with Crippen LogP contribution in [0.15, 0.2) is 48.5 Å². The van der Waals surface area contributed by atoms with Gasteiger partial charge in [-0.25, -0.2) is 4.79 Å². The molecule has 144 valence electrons. The van der Waals surface area contributed by atoms with Crippen LogP contribution < -0.4 is 9.47 Å². The van der Waals surface area contributed by atoms with Gasteiger partial charge in [-0.05, 0) is 44.5 Å². The molecule has 1 unspecified atom stereocenters. The van der Waals surface area contributed by atoms with Gasteiger partial charge in [-0.15, -0.1) is 0 Å². The van der Waals surface area contributed by atoms with E-state index in [1.807, 2.05) is 44.2 Å². The highest BCUT2D eigenvalue weighted by molar-refractivity contribution is 5.97. The van der Waals surface area contributed by atoms with E-state index in [1.165, 1.54) is 18.9 Å². The monoisotopic (exact) mass is 371 g/mol. The van der Waals surface area contributed by atoms with Gasteiger partial charge in [0.05, 0.1) is 13.2 Å². The molecular weight excluding hydrogens is 346 g/mol. The van der Waals surface area contributed by atoms with Crippen LogP contribution in [0.25, 0.3) is 0 Å². The van der Waals surface area contributed by atoms with Crippen LogP contribution >= 0.6 is 0 Å². The number of hydrogen-bond donors (Lipinski definition) is 1.